The smallest absolute Gasteiger partial charge is 0.250 e. The predicted molar refractivity (Wildman–Crippen MR) is 98.9 cm³/mol. The summed E-state index contributed by atoms with van der Waals surface area (Å²) in [5, 5.41) is 1.80. The summed E-state index contributed by atoms with van der Waals surface area (Å²) in [7, 11) is -3.34. The first-order chi connectivity index (χ1) is 11.5. The normalized spacial score (nSPS) is 30.1. The van der Waals surface area contributed by atoms with Gasteiger partial charge in [0.1, 0.15) is 4.21 Å². The zero-order chi connectivity index (χ0) is 17.2. The van der Waals surface area contributed by atoms with Crippen molar-refractivity contribution >= 4 is 21.4 Å². The average Bonchev–Trinajstić information content (AvgIpc) is 3.14. The molecule has 0 spiro atoms. The van der Waals surface area contributed by atoms with E-state index in [-0.39, 0.29) is 0 Å². The van der Waals surface area contributed by atoms with Crippen molar-refractivity contribution in [3.05, 3.63) is 17.5 Å². The molecule has 4 rings (SSSR count). The molecule has 5 nitrogen and oxygen atoms in total. The molecule has 7 heteroatoms. The van der Waals surface area contributed by atoms with Crippen LogP contribution in [0, 0.1) is 11.8 Å². The molecule has 1 unspecified atom stereocenters. The van der Waals surface area contributed by atoms with Gasteiger partial charge in [0.05, 0.1) is 0 Å². The zero-order valence-electron chi connectivity index (χ0n) is 14.6. The van der Waals surface area contributed by atoms with E-state index >= 15 is 0 Å². The van der Waals surface area contributed by atoms with Crippen molar-refractivity contribution in [1.82, 2.24) is 14.5 Å². The minimum absolute atomic E-state index is 0.353. The molecule has 0 aliphatic carbocycles. The Hall–Kier alpha value is -0.470. The van der Waals surface area contributed by atoms with Crippen LogP contribution in [0.3, 0.4) is 0 Å². The molecule has 136 valence electrons. The Kier molecular flexibility index (Phi) is 5.98. The average molecular weight is 372 g/mol. The van der Waals surface area contributed by atoms with E-state index in [0.29, 0.717) is 16.8 Å². The number of nitrogens with one attached hydrogen (secondary N) is 1. The van der Waals surface area contributed by atoms with E-state index in [4.69, 9.17) is 0 Å². The van der Waals surface area contributed by atoms with E-state index < -0.39 is 10.0 Å². The van der Waals surface area contributed by atoms with Gasteiger partial charge in [-0.15, -0.1) is 11.3 Å². The van der Waals surface area contributed by atoms with E-state index in [9.17, 15) is 8.42 Å². The third kappa shape index (κ3) is 4.02. The Morgan fingerprint density at radius 1 is 1.38 bits per heavy atom. The van der Waals surface area contributed by atoms with Crippen LogP contribution in [0.5, 0.6) is 0 Å². The Balaban J connectivity index is 1.55. The lowest BCUT2D eigenvalue weighted by Gasteiger charge is -2.50. The zero-order valence-corrected chi connectivity index (χ0v) is 16.3. The second-order valence-electron chi connectivity index (χ2n) is 6.96. The second kappa shape index (κ2) is 7.83. The summed E-state index contributed by atoms with van der Waals surface area (Å²) in [5.41, 5.74) is 0. The van der Waals surface area contributed by atoms with Crippen molar-refractivity contribution in [3.63, 3.8) is 0 Å². The SMILES string of the molecule is CCN(CC)C[C@H]1CN2CC[C@H]1C[C@@H]2CNS(=O)(=O)c1cccs1. The van der Waals surface area contributed by atoms with E-state index in [1.165, 1.54) is 24.3 Å². The molecule has 0 saturated carbocycles. The molecule has 24 heavy (non-hydrogen) atoms. The highest BCUT2D eigenvalue weighted by Crippen LogP contribution is 2.36. The van der Waals surface area contributed by atoms with E-state index in [0.717, 1.165) is 44.4 Å². The standard InChI is InChI=1S/C17H29N3O2S2/c1-3-19(4-2)12-15-13-20-8-7-14(15)10-16(20)11-18-24(21,22)17-6-5-9-23-17/h5-6,9,14-16,18H,3-4,7-8,10-13H2,1-2H3/t14-,15-,16+/m0/s1. The van der Waals surface area contributed by atoms with Gasteiger partial charge < -0.3 is 4.90 Å². The highest BCUT2D eigenvalue weighted by Gasteiger charge is 2.40. The molecule has 0 radical (unpaired) electrons. The van der Waals surface area contributed by atoms with Crippen molar-refractivity contribution in [2.24, 2.45) is 11.8 Å². The molecule has 0 amide bonds. The first kappa shape index (κ1) is 18.3. The monoisotopic (exact) mass is 371 g/mol. The quantitative estimate of drug-likeness (QED) is 0.760. The van der Waals surface area contributed by atoms with Gasteiger partial charge in [0.2, 0.25) is 10.0 Å². The highest BCUT2D eigenvalue weighted by molar-refractivity contribution is 7.91. The van der Waals surface area contributed by atoms with Gasteiger partial charge in [-0.2, -0.15) is 0 Å². The fourth-order valence-corrected chi connectivity index (χ4v) is 6.29. The molecule has 1 aromatic heterocycles. The summed E-state index contributed by atoms with van der Waals surface area (Å²) in [4.78, 5) is 5.02. The van der Waals surface area contributed by atoms with Crippen LogP contribution in [-0.4, -0.2) is 63.5 Å². The highest BCUT2D eigenvalue weighted by atomic mass is 32.2. The predicted octanol–water partition coefficient (Wildman–Crippen LogP) is 2.08. The van der Waals surface area contributed by atoms with Gasteiger partial charge >= 0.3 is 0 Å². The van der Waals surface area contributed by atoms with Gasteiger partial charge in [-0.1, -0.05) is 19.9 Å². The Bertz CT molecular complexity index is 614. The summed E-state index contributed by atoms with van der Waals surface area (Å²) in [5.74, 6) is 1.48. The molecule has 3 fully saturated rings. The van der Waals surface area contributed by atoms with E-state index in [1.807, 2.05) is 0 Å². The Morgan fingerprint density at radius 3 is 2.75 bits per heavy atom. The van der Waals surface area contributed by atoms with Gasteiger partial charge in [0.15, 0.2) is 0 Å². The summed E-state index contributed by atoms with van der Waals surface area (Å²) < 4.78 is 27.8. The summed E-state index contributed by atoms with van der Waals surface area (Å²) in [6, 6.07) is 3.80. The van der Waals surface area contributed by atoms with Crippen LogP contribution in [0.4, 0.5) is 0 Å². The fraction of sp³-hybridized carbons (Fsp3) is 0.765. The Labute approximate surface area is 150 Å². The second-order valence-corrected chi connectivity index (χ2v) is 9.90. The molecule has 1 aromatic rings. The Morgan fingerprint density at radius 2 is 2.17 bits per heavy atom. The van der Waals surface area contributed by atoms with Crippen LogP contribution in [-0.2, 0) is 10.0 Å². The van der Waals surface area contributed by atoms with Crippen LogP contribution in [0.15, 0.2) is 21.7 Å². The van der Waals surface area contributed by atoms with Crippen LogP contribution in [0.1, 0.15) is 26.7 Å². The third-order valence-electron chi connectivity index (χ3n) is 5.67. The van der Waals surface area contributed by atoms with Gasteiger partial charge in [0.25, 0.3) is 0 Å². The lowest BCUT2D eigenvalue weighted by Crippen LogP contribution is -2.58. The van der Waals surface area contributed by atoms with Gasteiger partial charge in [-0.05, 0) is 55.8 Å². The van der Waals surface area contributed by atoms with Crippen LogP contribution in [0.2, 0.25) is 0 Å². The van der Waals surface area contributed by atoms with Crippen molar-refractivity contribution in [3.8, 4) is 0 Å². The number of rotatable bonds is 8. The number of piperidine rings is 3. The number of hydrogen-bond acceptors (Lipinski definition) is 5. The molecule has 3 aliphatic rings. The molecule has 4 atom stereocenters. The molecule has 2 bridgehead atoms. The third-order valence-corrected chi connectivity index (χ3v) is 8.49. The number of fused-ring (bicyclic) bond motifs is 3. The fourth-order valence-electron chi connectivity index (χ4n) is 4.18. The van der Waals surface area contributed by atoms with E-state index in [2.05, 4.69) is 28.4 Å². The molecule has 0 aromatic carbocycles. The first-order valence-electron chi connectivity index (χ1n) is 9.03. The summed E-state index contributed by atoms with van der Waals surface area (Å²) >= 11 is 1.27. The van der Waals surface area contributed by atoms with Crippen molar-refractivity contribution in [2.45, 2.75) is 36.9 Å². The topological polar surface area (TPSA) is 52.6 Å². The number of sulfonamides is 1. The molecule has 3 saturated heterocycles. The van der Waals surface area contributed by atoms with Crippen LogP contribution in [0.25, 0.3) is 0 Å². The minimum Gasteiger partial charge on any atom is -0.304 e. The number of nitrogens with zero attached hydrogens (tertiary/aromatic N) is 2. The maximum Gasteiger partial charge on any atom is 0.250 e. The lowest BCUT2D eigenvalue weighted by atomic mass is 9.75. The summed E-state index contributed by atoms with van der Waals surface area (Å²) in [6.07, 6.45) is 2.39. The largest absolute Gasteiger partial charge is 0.304 e. The first-order valence-corrected chi connectivity index (χ1v) is 11.4. The molecular formula is C17H29N3O2S2. The van der Waals surface area contributed by atoms with Crippen LogP contribution >= 0.6 is 11.3 Å². The molecule has 1 N–H and O–H groups in total. The summed E-state index contributed by atoms with van der Waals surface area (Å²) in [6.45, 7) is 10.6. The maximum absolute atomic E-state index is 12.3. The number of hydrogen-bond donors (Lipinski definition) is 1. The molecule has 4 heterocycles. The van der Waals surface area contributed by atoms with Gasteiger partial charge in [-0.3, -0.25) is 4.90 Å². The maximum atomic E-state index is 12.3. The van der Waals surface area contributed by atoms with Gasteiger partial charge in [0, 0.05) is 25.7 Å². The van der Waals surface area contributed by atoms with E-state index in [1.54, 1.807) is 17.5 Å². The van der Waals surface area contributed by atoms with Crippen molar-refractivity contribution in [1.29, 1.82) is 0 Å². The van der Waals surface area contributed by atoms with Crippen LogP contribution < -0.4 is 4.72 Å². The lowest BCUT2D eigenvalue weighted by molar-refractivity contribution is -0.00911. The molecular weight excluding hydrogens is 342 g/mol. The number of thiophene rings is 1. The van der Waals surface area contributed by atoms with Crippen molar-refractivity contribution in [2.75, 3.05) is 39.3 Å². The molecule has 3 aliphatic heterocycles. The minimum atomic E-state index is -3.34. The van der Waals surface area contributed by atoms with Crippen molar-refractivity contribution < 1.29 is 8.42 Å². The van der Waals surface area contributed by atoms with Gasteiger partial charge in [-0.25, -0.2) is 13.1 Å².